The maximum Gasteiger partial charge on any atom is 0.327 e. The van der Waals surface area contributed by atoms with Crippen LogP contribution in [0.1, 0.15) is 54.9 Å². The number of urea groups is 1. The van der Waals surface area contributed by atoms with Crippen molar-refractivity contribution in [2.45, 2.75) is 62.4 Å². The quantitative estimate of drug-likeness (QED) is 0.675. The molecular weight excluding hydrogens is 420 g/mol. The van der Waals surface area contributed by atoms with Gasteiger partial charge >= 0.3 is 6.03 Å². The third kappa shape index (κ3) is 4.18. The van der Waals surface area contributed by atoms with Gasteiger partial charge in [-0.15, -0.1) is 0 Å². The zero-order valence-electron chi connectivity index (χ0n) is 17.7. The molecule has 3 N–H and O–H groups in total. The smallest absolute Gasteiger partial charge is 0.327 e. The number of nitrogens with one attached hydrogen (secondary N) is 1. The molecule has 3 fully saturated rings. The van der Waals surface area contributed by atoms with Gasteiger partial charge in [-0.05, 0) is 56.7 Å². The molecule has 1 aromatic rings. The molecule has 0 spiro atoms. The van der Waals surface area contributed by atoms with E-state index < -0.39 is 33.1 Å². The van der Waals surface area contributed by atoms with E-state index in [0.29, 0.717) is 24.0 Å². The monoisotopic (exact) mass is 448 g/mol. The first-order valence-corrected chi connectivity index (χ1v) is 12.1. The largest absolute Gasteiger partial charge is 0.366 e. The minimum atomic E-state index is -3.54. The Balaban J connectivity index is 1.52. The second-order valence-corrected chi connectivity index (χ2v) is 11.2. The fraction of sp³-hybridized carbons (Fsp3) is 0.571. The number of rotatable bonds is 6. The van der Waals surface area contributed by atoms with Gasteiger partial charge in [-0.3, -0.25) is 14.5 Å². The van der Waals surface area contributed by atoms with Gasteiger partial charge in [-0.2, -0.15) is 0 Å². The second-order valence-electron chi connectivity index (χ2n) is 9.20. The number of hydrogen-bond acceptors (Lipinski definition) is 5. The summed E-state index contributed by atoms with van der Waals surface area (Å²) in [7, 11) is -1.88. The lowest BCUT2D eigenvalue weighted by atomic mass is 9.81. The van der Waals surface area contributed by atoms with Crippen LogP contribution < -0.4 is 10.5 Å². The number of fused-ring (bicyclic) bond motifs is 1. The van der Waals surface area contributed by atoms with Gasteiger partial charge in [0, 0.05) is 24.2 Å². The zero-order chi connectivity index (χ0) is 22.6. The Labute approximate surface area is 182 Å². The third-order valence-corrected chi connectivity index (χ3v) is 8.87. The van der Waals surface area contributed by atoms with E-state index in [1.54, 1.807) is 36.2 Å². The Morgan fingerprint density at radius 3 is 2.42 bits per heavy atom. The number of carbonyl (C=O) groups excluding carboxylic acids is 3. The van der Waals surface area contributed by atoms with Gasteiger partial charge in [0.2, 0.25) is 21.8 Å². The van der Waals surface area contributed by atoms with Crippen LogP contribution in [-0.2, 0) is 21.4 Å². The minimum absolute atomic E-state index is 0.0536. The van der Waals surface area contributed by atoms with Crippen LogP contribution in [0.15, 0.2) is 24.3 Å². The number of primary amides is 1. The van der Waals surface area contributed by atoms with E-state index in [1.807, 2.05) is 6.92 Å². The molecule has 3 unspecified atom stereocenters. The topological polar surface area (TPSA) is 130 Å². The van der Waals surface area contributed by atoms with Gasteiger partial charge in [0.25, 0.3) is 0 Å². The normalized spacial score (nSPS) is 27.7. The summed E-state index contributed by atoms with van der Waals surface area (Å²) < 4.78 is 28.5. The van der Waals surface area contributed by atoms with E-state index in [4.69, 9.17) is 5.73 Å². The molecule has 1 saturated heterocycles. The Hall–Kier alpha value is -2.46. The molecule has 1 aromatic carbocycles. The fourth-order valence-corrected chi connectivity index (χ4v) is 6.54. The maximum atomic E-state index is 13.3. The highest BCUT2D eigenvalue weighted by Crippen LogP contribution is 2.40. The van der Waals surface area contributed by atoms with Crippen molar-refractivity contribution in [3.05, 3.63) is 35.4 Å². The Kier molecular flexibility index (Phi) is 5.33. The molecule has 2 saturated carbocycles. The number of amides is 4. The van der Waals surface area contributed by atoms with E-state index in [1.165, 1.54) is 4.90 Å². The predicted molar refractivity (Wildman–Crippen MR) is 113 cm³/mol. The summed E-state index contributed by atoms with van der Waals surface area (Å²) in [5.41, 5.74) is 5.92. The molecule has 1 aliphatic heterocycles. The molecule has 31 heavy (non-hydrogen) atoms. The number of hydrogen-bond donors (Lipinski definition) is 2. The summed E-state index contributed by atoms with van der Waals surface area (Å²) in [6.07, 6.45) is 2.74. The van der Waals surface area contributed by atoms with Gasteiger partial charge in [-0.25, -0.2) is 17.9 Å². The summed E-state index contributed by atoms with van der Waals surface area (Å²) >= 11 is 0. The molecule has 1 heterocycles. The third-order valence-electron chi connectivity index (χ3n) is 6.79. The molecule has 0 radical (unpaired) electrons. The highest BCUT2D eigenvalue weighted by molar-refractivity contribution is 7.90. The Bertz CT molecular complexity index is 1020. The van der Waals surface area contributed by atoms with Crippen molar-refractivity contribution in [1.29, 1.82) is 0 Å². The molecule has 4 rings (SSSR count). The zero-order valence-corrected chi connectivity index (χ0v) is 18.5. The average Bonchev–Trinajstić information content (AvgIpc) is 3.45. The second kappa shape index (κ2) is 7.59. The van der Waals surface area contributed by atoms with E-state index >= 15 is 0 Å². The van der Waals surface area contributed by atoms with Crippen LogP contribution >= 0.6 is 0 Å². The minimum Gasteiger partial charge on any atom is -0.366 e. The van der Waals surface area contributed by atoms with Crippen molar-refractivity contribution in [3.8, 4) is 0 Å². The lowest BCUT2D eigenvalue weighted by Gasteiger charge is -2.46. The number of nitrogens with zero attached hydrogens (tertiary/aromatic N) is 2. The summed E-state index contributed by atoms with van der Waals surface area (Å²) in [6.45, 7) is 1.94. The first kappa shape index (κ1) is 21.8. The molecule has 10 heteroatoms. The van der Waals surface area contributed by atoms with E-state index in [-0.39, 0.29) is 30.5 Å². The summed E-state index contributed by atoms with van der Waals surface area (Å²) in [4.78, 5) is 40.1. The van der Waals surface area contributed by atoms with Gasteiger partial charge in [0.15, 0.2) is 0 Å². The van der Waals surface area contributed by atoms with Crippen LogP contribution in [0.5, 0.6) is 0 Å². The molecule has 3 aliphatic rings. The molecule has 9 nitrogen and oxygen atoms in total. The van der Waals surface area contributed by atoms with Crippen LogP contribution in [0.4, 0.5) is 4.79 Å². The number of benzene rings is 1. The summed E-state index contributed by atoms with van der Waals surface area (Å²) in [5, 5.41) is -0.645. The van der Waals surface area contributed by atoms with E-state index in [0.717, 1.165) is 12.8 Å². The van der Waals surface area contributed by atoms with Crippen molar-refractivity contribution in [3.63, 3.8) is 0 Å². The number of sulfonamides is 1. The molecule has 3 atom stereocenters. The fourth-order valence-electron chi connectivity index (χ4n) is 4.57. The first-order valence-electron chi connectivity index (χ1n) is 10.5. The lowest BCUT2D eigenvalue weighted by molar-refractivity contribution is -0.140. The van der Waals surface area contributed by atoms with E-state index in [9.17, 15) is 22.8 Å². The number of imide groups is 1. The van der Waals surface area contributed by atoms with Crippen molar-refractivity contribution >= 4 is 27.9 Å². The molecule has 0 aromatic heterocycles. The van der Waals surface area contributed by atoms with Crippen LogP contribution in [0.25, 0.3) is 0 Å². The Morgan fingerprint density at radius 1 is 1.19 bits per heavy atom. The molecule has 4 amide bonds. The molecule has 0 bridgehead atoms. The average molecular weight is 449 g/mol. The van der Waals surface area contributed by atoms with Crippen LogP contribution in [0.2, 0.25) is 0 Å². The first-order chi connectivity index (χ1) is 14.5. The van der Waals surface area contributed by atoms with Gasteiger partial charge in [-0.1, -0.05) is 12.1 Å². The SMILES string of the molecule is CN1C(=O)N(Cc2ccc(C(N)=O)cc2)C(=O)C2CC(S(=O)(=O)NC3(C)CC3)CCC21. The Morgan fingerprint density at radius 2 is 1.84 bits per heavy atom. The van der Waals surface area contributed by atoms with Crippen molar-refractivity contribution in [2.24, 2.45) is 11.7 Å². The van der Waals surface area contributed by atoms with Crippen LogP contribution in [0.3, 0.4) is 0 Å². The van der Waals surface area contributed by atoms with Crippen molar-refractivity contribution in [1.82, 2.24) is 14.5 Å². The summed E-state index contributed by atoms with van der Waals surface area (Å²) in [5.74, 6) is -1.46. The highest BCUT2D eigenvalue weighted by Gasteiger charge is 2.51. The summed E-state index contributed by atoms with van der Waals surface area (Å²) in [6, 6.07) is 5.72. The van der Waals surface area contributed by atoms with Crippen LogP contribution in [-0.4, -0.2) is 59.9 Å². The van der Waals surface area contributed by atoms with Gasteiger partial charge in [0.1, 0.15) is 0 Å². The van der Waals surface area contributed by atoms with Gasteiger partial charge in [0.05, 0.1) is 17.7 Å². The standard InChI is InChI=1S/C21H28N4O5S/c1-21(9-10-21)23-31(29,30)15-7-8-17-16(11-15)19(27)25(20(28)24(17)2)12-13-3-5-14(6-4-13)18(22)26/h3-6,15-17,23H,7-12H2,1-2H3,(H2,22,26). The molecule has 168 valence electrons. The molecule has 2 aliphatic carbocycles. The van der Waals surface area contributed by atoms with Crippen molar-refractivity contribution < 1.29 is 22.8 Å². The molecular formula is C21H28N4O5S. The van der Waals surface area contributed by atoms with Gasteiger partial charge < -0.3 is 10.6 Å². The number of nitrogens with two attached hydrogens (primary N) is 1. The predicted octanol–water partition coefficient (Wildman–Crippen LogP) is 1.19. The van der Waals surface area contributed by atoms with Crippen LogP contribution in [0, 0.1) is 5.92 Å². The maximum absolute atomic E-state index is 13.3. The highest BCUT2D eigenvalue weighted by atomic mass is 32.2. The van der Waals surface area contributed by atoms with E-state index in [2.05, 4.69) is 4.72 Å². The number of carbonyl (C=O) groups is 3. The van der Waals surface area contributed by atoms with Crippen molar-refractivity contribution in [2.75, 3.05) is 7.05 Å². The lowest BCUT2D eigenvalue weighted by Crippen LogP contribution is -2.62.